The first-order valence-electron chi connectivity index (χ1n) is 8.60. The van der Waals surface area contributed by atoms with E-state index in [-0.39, 0.29) is 11.7 Å². The van der Waals surface area contributed by atoms with Gasteiger partial charge in [-0.2, -0.15) is 0 Å². The van der Waals surface area contributed by atoms with Gasteiger partial charge >= 0.3 is 0 Å². The van der Waals surface area contributed by atoms with Crippen molar-refractivity contribution in [3.63, 3.8) is 0 Å². The van der Waals surface area contributed by atoms with E-state index in [1.165, 1.54) is 28.2 Å². The van der Waals surface area contributed by atoms with E-state index < -0.39 is 0 Å². The van der Waals surface area contributed by atoms with E-state index in [0.717, 1.165) is 0 Å². The number of nitrogens with zero attached hydrogens (tertiary/aromatic N) is 2. The van der Waals surface area contributed by atoms with E-state index in [1.54, 1.807) is 0 Å². The minimum Gasteiger partial charge on any atom is -0.337 e. The standard InChI is InChI=1S/C22H24N2/c1-16-10-8-9-13-19(16)23-17(2)20-14-15-22(3,4)24(20)21(23)18-11-6-5-7-12-18/h5-15,21H,1-4H3. The molecule has 2 aliphatic rings. The molecule has 0 amide bonds. The van der Waals surface area contributed by atoms with Crippen LogP contribution in [0.2, 0.25) is 0 Å². The van der Waals surface area contributed by atoms with Gasteiger partial charge in [-0.3, -0.25) is 0 Å². The molecule has 2 aromatic rings. The minimum absolute atomic E-state index is 0.00847. The van der Waals surface area contributed by atoms with Crippen molar-refractivity contribution in [3.8, 4) is 0 Å². The van der Waals surface area contributed by atoms with Crippen LogP contribution >= 0.6 is 0 Å². The van der Waals surface area contributed by atoms with Crippen molar-refractivity contribution in [1.82, 2.24) is 4.90 Å². The number of hydrogen-bond donors (Lipinski definition) is 0. The van der Waals surface area contributed by atoms with E-state index >= 15 is 0 Å². The third kappa shape index (κ3) is 2.10. The fourth-order valence-corrected chi connectivity index (χ4v) is 3.99. The van der Waals surface area contributed by atoms with Crippen LogP contribution in [-0.2, 0) is 0 Å². The second kappa shape index (κ2) is 5.27. The summed E-state index contributed by atoms with van der Waals surface area (Å²) in [7, 11) is 0. The summed E-state index contributed by atoms with van der Waals surface area (Å²) in [5.74, 6) is 0. The predicted molar refractivity (Wildman–Crippen MR) is 101 cm³/mol. The molecule has 24 heavy (non-hydrogen) atoms. The van der Waals surface area contributed by atoms with Gasteiger partial charge in [0.05, 0.1) is 11.2 Å². The topological polar surface area (TPSA) is 6.48 Å². The van der Waals surface area contributed by atoms with Gasteiger partial charge in [-0.1, -0.05) is 54.6 Å². The van der Waals surface area contributed by atoms with E-state index in [4.69, 9.17) is 0 Å². The first-order valence-corrected chi connectivity index (χ1v) is 8.60. The first-order chi connectivity index (χ1) is 11.5. The zero-order valence-electron chi connectivity index (χ0n) is 14.8. The van der Waals surface area contributed by atoms with Crippen LogP contribution in [-0.4, -0.2) is 10.4 Å². The number of fused-ring (bicyclic) bond motifs is 1. The second-order valence-corrected chi connectivity index (χ2v) is 7.27. The average molecular weight is 316 g/mol. The van der Waals surface area contributed by atoms with Crippen LogP contribution in [0.4, 0.5) is 5.69 Å². The summed E-state index contributed by atoms with van der Waals surface area (Å²) in [6, 6.07) is 19.5. The molecule has 0 bridgehead atoms. The van der Waals surface area contributed by atoms with Gasteiger partial charge in [0.2, 0.25) is 0 Å². The second-order valence-electron chi connectivity index (χ2n) is 7.27. The molecule has 1 atom stereocenters. The molecule has 2 heteroatoms. The van der Waals surface area contributed by atoms with Gasteiger partial charge < -0.3 is 9.80 Å². The number of hydrogen-bond acceptors (Lipinski definition) is 2. The molecule has 2 heterocycles. The van der Waals surface area contributed by atoms with Crippen molar-refractivity contribution in [2.75, 3.05) is 4.90 Å². The molecule has 0 fully saturated rings. The van der Waals surface area contributed by atoms with Crippen LogP contribution in [0.25, 0.3) is 0 Å². The molecule has 0 radical (unpaired) electrons. The number of benzene rings is 2. The summed E-state index contributed by atoms with van der Waals surface area (Å²) in [5.41, 5.74) is 6.58. The summed E-state index contributed by atoms with van der Waals surface area (Å²) in [4.78, 5) is 5.04. The van der Waals surface area contributed by atoms with Gasteiger partial charge in [0.1, 0.15) is 6.17 Å². The maximum Gasteiger partial charge on any atom is 0.133 e. The van der Waals surface area contributed by atoms with Crippen LogP contribution in [0, 0.1) is 6.92 Å². The smallest absolute Gasteiger partial charge is 0.133 e. The Morgan fingerprint density at radius 1 is 0.875 bits per heavy atom. The largest absolute Gasteiger partial charge is 0.337 e. The Kier molecular flexibility index (Phi) is 3.31. The number of aryl methyl sites for hydroxylation is 1. The van der Waals surface area contributed by atoms with Crippen molar-refractivity contribution in [2.24, 2.45) is 0 Å². The van der Waals surface area contributed by atoms with Gasteiger partial charge in [-0.15, -0.1) is 0 Å². The molecule has 2 nitrogen and oxygen atoms in total. The lowest BCUT2D eigenvalue weighted by molar-refractivity contribution is 0.188. The molecule has 2 aliphatic heterocycles. The highest BCUT2D eigenvalue weighted by atomic mass is 15.4. The van der Waals surface area contributed by atoms with Gasteiger partial charge in [0.25, 0.3) is 0 Å². The van der Waals surface area contributed by atoms with Crippen LogP contribution in [0.1, 0.15) is 38.1 Å². The normalized spacial score (nSPS) is 21.6. The van der Waals surface area contributed by atoms with E-state index in [9.17, 15) is 0 Å². The molecule has 0 saturated carbocycles. The van der Waals surface area contributed by atoms with E-state index in [2.05, 4.69) is 104 Å². The molecule has 0 spiro atoms. The molecular formula is C22H24N2. The Balaban J connectivity index is 1.92. The summed E-state index contributed by atoms with van der Waals surface area (Å²) in [5, 5.41) is 0. The molecule has 0 aromatic heterocycles. The van der Waals surface area contributed by atoms with E-state index in [0.29, 0.717) is 0 Å². The zero-order valence-corrected chi connectivity index (χ0v) is 14.8. The molecule has 0 aliphatic carbocycles. The minimum atomic E-state index is 0.00847. The monoisotopic (exact) mass is 316 g/mol. The Hall–Kier alpha value is -2.48. The predicted octanol–water partition coefficient (Wildman–Crippen LogP) is 5.40. The third-order valence-corrected chi connectivity index (χ3v) is 5.22. The number of allylic oxidation sites excluding steroid dienone is 2. The van der Waals surface area contributed by atoms with Crippen LogP contribution in [0.5, 0.6) is 0 Å². The molecular weight excluding hydrogens is 292 g/mol. The van der Waals surface area contributed by atoms with Crippen molar-refractivity contribution < 1.29 is 0 Å². The lowest BCUT2D eigenvalue weighted by Gasteiger charge is -2.41. The fraction of sp³-hybridized carbons (Fsp3) is 0.273. The molecule has 0 N–H and O–H groups in total. The summed E-state index contributed by atoms with van der Waals surface area (Å²) in [6.45, 7) is 9.02. The first kappa shape index (κ1) is 15.1. The van der Waals surface area contributed by atoms with Crippen molar-refractivity contribution in [3.05, 3.63) is 89.3 Å². The summed E-state index contributed by atoms with van der Waals surface area (Å²) in [6.07, 6.45) is 4.79. The maximum atomic E-state index is 2.55. The highest BCUT2D eigenvalue weighted by Crippen LogP contribution is 2.50. The zero-order chi connectivity index (χ0) is 16.9. The van der Waals surface area contributed by atoms with E-state index in [1.807, 2.05) is 0 Å². The highest BCUT2D eigenvalue weighted by Gasteiger charge is 2.46. The van der Waals surface area contributed by atoms with Gasteiger partial charge in [0, 0.05) is 11.4 Å². The van der Waals surface area contributed by atoms with Gasteiger partial charge in [-0.05, 0) is 51.0 Å². The number of anilines is 1. The van der Waals surface area contributed by atoms with Crippen LogP contribution in [0.15, 0.2) is 78.1 Å². The third-order valence-electron chi connectivity index (χ3n) is 5.22. The lowest BCUT2D eigenvalue weighted by Crippen LogP contribution is -2.42. The Bertz CT molecular complexity index is 830. The Morgan fingerprint density at radius 2 is 1.54 bits per heavy atom. The van der Waals surface area contributed by atoms with Crippen LogP contribution < -0.4 is 4.90 Å². The number of para-hydroxylation sites is 1. The highest BCUT2D eigenvalue weighted by molar-refractivity contribution is 5.64. The average Bonchev–Trinajstić information content (AvgIpc) is 3.05. The van der Waals surface area contributed by atoms with Crippen molar-refractivity contribution in [2.45, 2.75) is 39.4 Å². The molecule has 2 aromatic carbocycles. The Morgan fingerprint density at radius 3 is 2.25 bits per heavy atom. The van der Waals surface area contributed by atoms with Crippen molar-refractivity contribution >= 4 is 5.69 Å². The molecule has 4 rings (SSSR count). The SMILES string of the molecule is CC1=C2C=CC(C)(C)N2C(c2ccccc2)N1c1ccccc1C. The Labute approximate surface area is 144 Å². The molecule has 0 saturated heterocycles. The lowest BCUT2D eigenvalue weighted by atomic mass is 10.0. The number of rotatable bonds is 2. The summed E-state index contributed by atoms with van der Waals surface area (Å²) >= 11 is 0. The maximum absolute atomic E-state index is 2.55. The van der Waals surface area contributed by atoms with Crippen molar-refractivity contribution in [1.29, 1.82) is 0 Å². The quantitative estimate of drug-likeness (QED) is 0.732. The summed E-state index contributed by atoms with van der Waals surface area (Å²) < 4.78 is 0. The van der Waals surface area contributed by atoms with Gasteiger partial charge in [0.15, 0.2) is 0 Å². The van der Waals surface area contributed by atoms with Crippen LogP contribution in [0.3, 0.4) is 0 Å². The fourth-order valence-electron chi connectivity index (χ4n) is 3.99. The van der Waals surface area contributed by atoms with Gasteiger partial charge in [-0.25, -0.2) is 0 Å². The molecule has 1 unspecified atom stereocenters. The molecule has 122 valence electrons.